The highest BCUT2D eigenvalue weighted by Gasteiger charge is 2.47. The van der Waals surface area contributed by atoms with E-state index >= 15 is 0 Å². The molecule has 1 heterocycles. The van der Waals surface area contributed by atoms with E-state index in [2.05, 4.69) is 0 Å². The average Bonchev–Trinajstić information content (AvgIpc) is 2.76. The first-order valence-corrected chi connectivity index (χ1v) is 6.74. The first-order chi connectivity index (χ1) is 8.56. The van der Waals surface area contributed by atoms with E-state index in [0.29, 0.717) is 17.9 Å². The van der Waals surface area contributed by atoms with Gasteiger partial charge in [0.05, 0.1) is 0 Å². The zero-order chi connectivity index (χ0) is 13.3. The van der Waals surface area contributed by atoms with Crippen molar-refractivity contribution >= 4 is 11.9 Å². The summed E-state index contributed by atoms with van der Waals surface area (Å²) in [7, 11) is 0. The van der Waals surface area contributed by atoms with Crippen LogP contribution in [0.15, 0.2) is 11.6 Å². The van der Waals surface area contributed by atoms with Crippen LogP contribution in [0, 0.1) is 5.92 Å². The van der Waals surface area contributed by atoms with Crippen LogP contribution in [0.1, 0.15) is 46.0 Å². The lowest BCUT2D eigenvalue weighted by atomic mass is 9.84. The molecule has 18 heavy (non-hydrogen) atoms. The van der Waals surface area contributed by atoms with E-state index < -0.39 is 12.0 Å². The number of nitrogens with zero attached hydrogens (tertiary/aromatic N) is 1. The van der Waals surface area contributed by atoms with E-state index in [1.807, 2.05) is 6.92 Å². The largest absolute Gasteiger partial charge is 0.480 e. The van der Waals surface area contributed by atoms with Crippen molar-refractivity contribution in [3.05, 3.63) is 11.6 Å². The summed E-state index contributed by atoms with van der Waals surface area (Å²) < 4.78 is 0. The van der Waals surface area contributed by atoms with Crippen molar-refractivity contribution in [2.75, 3.05) is 0 Å². The molecule has 0 aromatic heterocycles. The van der Waals surface area contributed by atoms with E-state index in [1.165, 1.54) is 0 Å². The quantitative estimate of drug-likeness (QED) is 0.765. The standard InChI is InChI=1S/C14H21NO3/c1-3-9(2)13(16)15-11-7-5-4-6-10(11)8-12(15)14(17)18/h3,10-12H,4-8H2,1-2H3,(H,17,18). The molecule has 0 spiro atoms. The Balaban J connectivity index is 2.27. The Bertz CT molecular complexity index is 389. The number of likely N-dealkylation sites (tertiary alicyclic amines) is 1. The number of carbonyl (C=O) groups is 2. The van der Waals surface area contributed by atoms with Crippen LogP contribution in [-0.4, -0.2) is 34.0 Å². The van der Waals surface area contributed by atoms with Gasteiger partial charge in [-0.1, -0.05) is 18.9 Å². The monoisotopic (exact) mass is 251 g/mol. The number of fused-ring (bicyclic) bond motifs is 1. The summed E-state index contributed by atoms with van der Waals surface area (Å²) in [5, 5.41) is 9.32. The molecule has 3 atom stereocenters. The fourth-order valence-corrected chi connectivity index (χ4v) is 3.30. The molecule has 1 saturated carbocycles. The van der Waals surface area contributed by atoms with Crippen molar-refractivity contribution in [2.45, 2.75) is 58.0 Å². The first kappa shape index (κ1) is 13.1. The summed E-state index contributed by atoms with van der Waals surface area (Å²) in [6.45, 7) is 3.58. The third-order valence-corrected chi connectivity index (χ3v) is 4.38. The molecule has 2 rings (SSSR count). The van der Waals surface area contributed by atoms with E-state index in [-0.39, 0.29) is 11.9 Å². The van der Waals surface area contributed by atoms with Gasteiger partial charge in [0.15, 0.2) is 0 Å². The summed E-state index contributed by atoms with van der Waals surface area (Å²) in [4.78, 5) is 25.3. The molecule has 0 aromatic carbocycles. The van der Waals surface area contributed by atoms with Crippen molar-refractivity contribution in [3.63, 3.8) is 0 Å². The Morgan fingerprint density at radius 1 is 1.28 bits per heavy atom. The summed E-state index contributed by atoms with van der Waals surface area (Å²) in [5.41, 5.74) is 0.646. The Kier molecular flexibility index (Phi) is 3.73. The number of carboxylic acid groups (broad SMARTS) is 1. The molecule has 100 valence electrons. The van der Waals surface area contributed by atoms with Gasteiger partial charge in [0.2, 0.25) is 5.91 Å². The fraction of sp³-hybridized carbons (Fsp3) is 0.714. The highest BCUT2D eigenvalue weighted by atomic mass is 16.4. The van der Waals surface area contributed by atoms with Crippen LogP contribution in [0.3, 0.4) is 0 Å². The number of aliphatic carboxylic acids is 1. The van der Waals surface area contributed by atoms with E-state index in [4.69, 9.17) is 0 Å². The van der Waals surface area contributed by atoms with Crippen LogP contribution in [-0.2, 0) is 9.59 Å². The lowest BCUT2D eigenvalue weighted by Gasteiger charge is -2.33. The predicted octanol–water partition coefficient (Wildman–Crippen LogP) is 2.20. The minimum atomic E-state index is -0.860. The molecule has 3 unspecified atom stereocenters. The molecule has 0 bridgehead atoms. The number of amides is 1. The zero-order valence-corrected chi connectivity index (χ0v) is 11.1. The smallest absolute Gasteiger partial charge is 0.326 e. The molecule has 0 radical (unpaired) electrons. The third-order valence-electron chi connectivity index (χ3n) is 4.38. The molecule has 2 fully saturated rings. The molecule has 4 heteroatoms. The van der Waals surface area contributed by atoms with Gasteiger partial charge in [0, 0.05) is 11.6 Å². The van der Waals surface area contributed by atoms with Crippen molar-refractivity contribution < 1.29 is 14.7 Å². The summed E-state index contributed by atoms with van der Waals surface area (Å²) >= 11 is 0. The first-order valence-electron chi connectivity index (χ1n) is 6.74. The lowest BCUT2D eigenvalue weighted by molar-refractivity contribution is -0.148. The Labute approximate surface area is 108 Å². The summed E-state index contributed by atoms with van der Waals surface area (Å²) in [6, 6.07) is -0.484. The van der Waals surface area contributed by atoms with Gasteiger partial charge in [-0.15, -0.1) is 0 Å². The summed E-state index contributed by atoms with van der Waals surface area (Å²) in [6.07, 6.45) is 6.68. The number of rotatable bonds is 2. The molecule has 1 saturated heterocycles. The maximum Gasteiger partial charge on any atom is 0.326 e. The van der Waals surface area contributed by atoms with Crippen LogP contribution < -0.4 is 0 Å². The second kappa shape index (κ2) is 5.12. The lowest BCUT2D eigenvalue weighted by Crippen LogP contribution is -2.46. The number of carboxylic acids is 1. The number of hydrogen-bond acceptors (Lipinski definition) is 2. The Morgan fingerprint density at radius 2 is 1.94 bits per heavy atom. The van der Waals surface area contributed by atoms with Gasteiger partial charge in [-0.2, -0.15) is 0 Å². The molecular weight excluding hydrogens is 230 g/mol. The highest BCUT2D eigenvalue weighted by Crippen LogP contribution is 2.40. The average molecular weight is 251 g/mol. The second-order valence-corrected chi connectivity index (χ2v) is 5.39. The third kappa shape index (κ3) is 2.16. The van der Waals surface area contributed by atoms with Gasteiger partial charge in [0.25, 0.3) is 0 Å². The molecular formula is C14H21NO3. The second-order valence-electron chi connectivity index (χ2n) is 5.39. The zero-order valence-electron chi connectivity index (χ0n) is 11.1. The van der Waals surface area contributed by atoms with Crippen molar-refractivity contribution in [1.82, 2.24) is 4.90 Å². The van der Waals surface area contributed by atoms with Crippen LogP contribution in [0.5, 0.6) is 0 Å². The van der Waals surface area contributed by atoms with Crippen molar-refractivity contribution in [2.24, 2.45) is 5.92 Å². The van der Waals surface area contributed by atoms with Gasteiger partial charge in [0.1, 0.15) is 6.04 Å². The van der Waals surface area contributed by atoms with Crippen molar-refractivity contribution in [3.8, 4) is 0 Å². The van der Waals surface area contributed by atoms with Crippen LogP contribution in [0.2, 0.25) is 0 Å². The van der Waals surface area contributed by atoms with E-state index in [1.54, 1.807) is 17.9 Å². The molecule has 2 aliphatic rings. The topological polar surface area (TPSA) is 57.6 Å². The highest BCUT2D eigenvalue weighted by molar-refractivity contribution is 5.96. The normalized spacial score (nSPS) is 32.2. The minimum Gasteiger partial charge on any atom is -0.480 e. The van der Waals surface area contributed by atoms with Gasteiger partial charge in [-0.25, -0.2) is 4.79 Å². The van der Waals surface area contributed by atoms with Gasteiger partial charge >= 0.3 is 5.97 Å². The molecule has 1 aliphatic carbocycles. The number of allylic oxidation sites excluding steroid dienone is 1. The molecule has 1 aliphatic heterocycles. The van der Waals surface area contributed by atoms with Crippen LogP contribution >= 0.6 is 0 Å². The van der Waals surface area contributed by atoms with Gasteiger partial charge < -0.3 is 10.0 Å². The fourth-order valence-electron chi connectivity index (χ4n) is 3.30. The molecule has 1 N–H and O–H groups in total. The molecule has 4 nitrogen and oxygen atoms in total. The minimum absolute atomic E-state index is 0.0979. The number of hydrogen-bond donors (Lipinski definition) is 1. The Morgan fingerprint density at radius 3 is 2.56 bits per heavy atom. The van der Waals surface area contributed by atoms with Crippen molar-refractivity contribution in [1.29, 1.82) is 0 Å². The van der Waals surface area contributed by atoms with Gasteiger partial charge in [-0.3, -0.25) is 4.79 Å². The Hall–Kier alpha value is -1.32. The predicted molar refractivity (Wildman–Crippen MR) is 68.1 cm³/mol. The molecule has 1 amide bonds. The maximum atomic E-state index is 12.3. The van der Waals surface area contributed by atoms with Crippen LogP contribution in [0.4, 0.5) is 0 Å². The molecule has 0 aromatic rings. The van der Waals surface area contributed by atoms with Gasteiger partial charge in [-0.05, 0) is 39.0 Å². The van der Waals surface area contributed by atoms with Crippen LogP contribution in [0.25, 0.3) is 0 Å². The maximum absolute atomic E-state index is 12.3. The van der Waals surface area contributed by atoms with E-state index in [9.17, 15) is 14.7 Å². The SMILES string of the molecule is CC=C(C)C(=O)N1C(C(=O)O)CC2CCCCC21. The number of carbonyl (C=O) groups excluding carboxylic acids is 1. The summed E-state index contributed by atoms with van der Waals surface area (Å²) in [5.74, 6) is -0.575. The van der Waals surface area contributed by atoms with E-state index in [0.717, 1.165) is 25.7 Å².